The maximum Gasteiger partial charge on any atom is 0.274 e. The van der Waals surface area contributed by atoms with Crippen LogP contribution in [0.2, 0.25) is 0 Å². The second kappa shape index (κ2) is 9.78. The number of pyridine rings is 1. The second-order valence-corrected chi connectivity index (χ2v) is 7.95. The van der Waals surface area contributed by atoms with Crippen molar-refractivity contribution in [3.8, 4) is 5.75 Å². The van der Waals surface area contributed by atoms with Gasteiger partial charge in [0.2, 0.25) is 5.95 Å². The van der Waals surface area contributed by atoms with Gasteiger partial charge in [0.05, 0.1) is 19.0 Å². The van der Waals surface area contributed by atoms with E-state index in [2.05, 4.69) is 44.7 Å². The van der Waals surface area contributed by atoms with Crippen molar-refractivity contribution in [1.82, 2.24) is 20.3 Å². The molecule has 3 N–H and O–H groups in total. The fourth-order valence-corrected chi connectivity index (χ4v) is 3.79. The van der Waals surface area contributed by atoms with Gasteiger partial charge < -0.3 is 25.6 Å². The summed E-state index contributed by atoms with van der Waals surface area (Å²) in [6.07, 6.45) is 2.70. The zero-order valence-electron chi connectivity index (χ0n) is 18.7. The van der Waals surface area contributed by atoms with Crippen LogP contribution in [0.4, 0.5) is 27.5 Å². The summed E-state index contributed by atoms with van der Waals surface area (Å²) in [5.41, 5.74) is 1.21. The molecule has 3 heterocycles. The Morgan fingerprint density at radius 2 is 1.97 bits per heavy atom. The number of rotatable bonds is 6. The second-order valence-electron chi connectivity index (χ2n) is 7.95. The van der Waals surface area contributed by atoms with E-state index in [9.17, 15) is 9.18 Å². The maximum atomic E-state index is 14.5. The first kappa shape index (κ1) is 22.4. The number of piperazine rings is 1. The minimum absolute atomic E-state index is 0.0472. The number of methoxy groups -OCH3 is 1. The fourth-order valence-electron chi connectivity index (χ4n) is 3.79. The van der Waals surface area contributed by atoms with Crippen molar-refractivity contribution in [2.45, 2.75) is 25.9 Å². The highest BCUT2D eigenvalue weighted by Crippen LogP contribution is 2.30. The number of ether oxygens (including phenoxy) is 1. The normalized spacial score (nSPS) is 18.0. The molecule has 0 aliphatic carbocycles. The van der Waals surface area contributed by atoms with E-state index in [4.69, 9.17) is 4.74 Å². The molecule has 172 valence electrons. The minimum Gasteiger partial charge on any atom is -0.495 e. The lowest BCUT2D eigenvalue weighted by Gasteiger charge is -2.36. The molecular weight excluding hydrogens is 425 g/mol. The molecule has 0 radical (unpaired) electrons. The Labute approximate surface area is 191 Å². The number of anilines is 4. The van der Waals surface area contributed by atoms with Crippen molar-refractivity contribution in [3.05, 3.63) is 60.3 Å². The smallest absolute Gasteiger partial charge is 0.274 e. The molecule has 0 spiro atoms. The molecule has 9 nitrogen and oxygen atoms in total. The number of hydrogen-bond acceptors (Lipinski definition) is 8. The third-order valence-electron chi connectivity index (χ3n) is 5.18. The van der Waals surface area contributed by atoms with Gasteiger partial charge in [-0.1, -0.05) is 6.07 Å². The quantitative estimate of drug-likeness (QED) is 0.525. The highest BCUT2D eigenvalue weighted by molar-refractivity contribution is 6.04. The largest absolute Gasteiger partial charge is 0.495 e. The van der Waals surface area contributed by atoms with Crippen molar-refractivity contribution in [1.29, 1.82) is 0 Å². The molecule has 1 aromatic carbocycles. The molecule has 3 aromatic rings. The zero-order valence-corrected chi connectivity index (χ0v) is 18.7. The molecule has 0 saturated carbocycles. The highest BCUT2D eigenvalue weighted by atomic mass is 19.1. The van der Waals surface area contributed by atoms with E-state index in [-0.39, 0.29) is 29.5 Å². The number of carbonyl (C=O) groups is 1. The van der Waals surface area contributed by atoms with Crippen LogP contribution in [0.3, 0.4) is 0 Å². The Kier molecular flexibility index (Phi) is 6.64. The molecule has 1 fully saturated rings. The van der Waals surface area contributed by atoms with Crippen molar-refractivity contribution in [3.63, 3.8) is 0 Å². The number of carbonyl (C=O) groups excluding carboxylic acids is 1. The molecule has 1 aliphatic heterocycles. The number of halogens is 1. The topological polar surface area (TPSA) is 104 Å². The van der Waals surface area contributed by atoms with Crippen LogP contribution in [-0.2, 0) is 0 Å². The van der Waals surface area contributed by atoms with Crippen LogP contribution in [0.15, 0.2) is 48.8 Å². The van der Waals surface area contributed by atoms with Gasteiger partial charge in [-0.25, -0.2) is 9.37 Å². The Hall–Kier alpha value is -3.79. The molecule has 4 rings (SSSR count). The number of amides is 1. The van der Waals surface area contributed by atoms with Gasteiger partial charge in [0.1, 0.15) is 11.4 Å². The van der Waals surface area contributed by atoms with Crippen LogP contribution in [0.1, 0.15) is 24.3 Å². The van der Waals surface area contributed by atoms with E-state index >= 15 is 0 Å². The molecule has 33 heavy (non-hydrogen) atoms. The van der Waals surface area contributed by atoms with Crippen LogP contribution in [0, 0.1) is 5.82 Å². The summed E-state index contributed by atoms with van der Waals surface area (Å²) in [6.45, 7) is 5.62. The van der Waals surface area contributed by atoms with Crippen molar-refractivity contribution in [2.75, 3.05) is 35.7 Å². The van der Waals surface area contributed by atoms with E-state index in [1.807, 2.05) is 4.90 Å². The summed E-state index contributed by atoms with van der Waals surface area (Å²) in [7, 11) is 1.50. The molecule has 0 unspecified atom stereocenters. The van der Waals surface area contributed by atoms with Crippen molar-refractivity contribution >= 4 is 29.0 Å². The Bertz CT molecular complexity index is 1120. The van der Waals surface area contributed by atoms with Gasteiger partial charge in [0.15, 0.2) is 11.6 Å². The molecular formula is C23H26FN7O2. The molecule has 2 atom stereocenters. The average molecular weight is 452 g/mol. The Morgan fingerprint density at radius 3 is 2.67 bits per heavy atom. The zero-order chi connectivity index (χ0) is 23.4. The van der Waals surface area contributed by atoms with E-state index < -0.39 is 5.82 Å². The number of aromatic nitrogens is 3. The van der Waals surface area contributed by atoms with Gasteiger partial charge >= 0.3 is 0 Å². The fraction of sp³-hybridized carbons (Fsp3) is 0.304. The number of nitrogens with one attached hydrogen (secondary N) is 3. The standard InChI is InChI=1S/C23H26FN7O2/c1-14-12-31(13-15(2)27-14)23-26-11-17(24)21(30-23)28-16-7-8-20(33-3)19(10-16)29-22(32)18-6-4-5-9-25-18/h4-11,14-15,27H,12-13H2,1-3H3,(H,29,32)(H,26,28,30)/t14-,15+. The van der Waals surface area contributed by atoms with Gasteiger partial charge in [0.25, 0.3) is 5.91 Å². The predicted molar refractivity (Wildman–Crippen MR) is 125 cm³/mol. The average Bonchev–Trinajstić information content (AvgIpc) is 2.80. The molecule has 1 aliphatic rings. The number of nitrogens with zero attached hydrogens (tertiary/aromatic N) is 4. The van der Waals surface area contributed by atoms with E-state index in [0.29, 0.717) is 23.1 Å². The summed E-state index contributed by atoms with van der Waals surface area (Å²) < 4.78 is 19.9. The molecule has 2 aromatic heterocycles. The number of hydrogen-bond donors (Lipinski definition) is 3. The lowest BCUT2D eigenvalue weighted by molar-refractivity contribution is 0.102. The molecule has 0 bridgehead atoms. The lowest BCUT2D eigenvalue weighted by Crippen LogP contribution is -2.54. The highest BCUT2D eigenvalue weighted by Gasteiger charge is 2.23. The third kappa shape index (κ3) is 5.35. The van der Waals surface area contributed by atoms with E-state index in [0.717, 1.165) is 19.3 Å². The van der Waals surface area contributed by atoms with Gasteiger partial charge in [-0.15, -0.1) is 0 Å². The first-order valence-corrected chi connectivity index (χ1v) is 10.6. The molecule has 10 heteroatoms. The summed E-state index contributed by atoms with van der Waals surface area (Å²) in [5.74, 6) is -0.00635. The van der Waals surface area contributed by atoms with E-state index in [1.165, 1.54) is 7.11 Å². The molecule has 1 amide bonds. The summed E-state index contributed by atoms with van der Waals surface area (Å²) in [5, 5.41) is 9.22. The maximum absolute atomic E-state index is 14.5. The van der Waals surface area contributed by atoms with Gasteiger partial charge in [0, 0.05) is 37.1 Å². The summed E-state index contributed by atoms with van der Waals surface area (Å²) >= 11 is 0. The van der Waals surface area contributed by atoms with Crippen LogP contribution in [0.5, 0.6) is 5.75 Å². The van der Waals surface area contributed by atoms with Gasteiger partial charge in [-0.3, -0.25) is 9.78 Å². The van der Waals surface area contributed by atoms with Crippen molar-refractivity contribution in [2.24, 2.45) is 0 Å². The van der Waals surface area contributed by atoms with Gasteiger partial charge in [-0.2, -0.15) is 4.98 Å². The van der Waals surface area contributed by atoms with Gasteiger partial charge in [-0.05, 0) is 44.2 Å². The summed E-state index contributed by atoms with van der Waals surface area (Å²) in [4.78, 5) is 27.2. The molecule has 1 saturated heterocycles. The SMILES string of the molecule is COc1ccc(Nc2nc(N3C[C@@H](C)N[C@@H](C)C3)ncc2F)cc1NC(=O)c1ccccn1. The predicted octanol–water partition coefficient (Wildman–Crippen LogP) is 3.20. The van der Waals surface area contributed by atoms with E-state index in [1.54, 1.807) is 42.6 Å². The summed E-state index contributed by atoms with van der Waals surface area (Å²) in [6, 6.07) is 10.6. The lowest BCUT2D eigenvalue weighted by atomic mass is 10.1. The van der Waals surface area contributed by atoms with Crippen LogP contribution >= 0.6 is 0 Å². The monoisotopic (exact) mass is 451 g/mol. The first-order valence-electron chi connectivity index (χ1n) is 10.6. The third-order valence-corrected chi connectivity index (χ3v) is 5.18. The Balaban J connectivity index is 1.56. The number of benzene rings is 1. The van der Waals surface area contributed by atoms with Crippen LogP contribution in [-0.4, -0.2) is 53.1 Å². The minimum atomic E-state index is -0.579. The Morgan fingerprint density at radius 1 is 1.18 bits per heavy atom. The van der Waals surface area contributed by atoms with Crippen molar-refractivity contribution < 1.29 is 13.9 Å². The van der Waals surface area contributed by atoms with Crippen LogP contribution in [0.25, 0.3) is 0 Å². The first-order chi connectivity index (χ1) is 15.9. The van der Waals surface area contributed by atoms with Crippen LogP contribution < -0.4 is 25.6 Å².